The molecule has 1 heterocycles. The van der Waals surface area contributed by atoms with Crippen molar-refractivity contribution in [1.29, 1.82) is 0 Å². The van der Waals surface area contributed by atoms with Crippen LogP contribution in [-0.2, 0) is 13.2 Å². The molecule has 0 amide bonds. The lowest BCUT2D eigenvalue weighted by molar-refractivity contribution is 0.288. The summed E-state index contributed by atoms with van der Waals surface area (Å²) < 4.78 is 7.38. The summed E-state index contributed by atoms with van der Waals surface area (Å²) >= 11 is 0. The topological polar surface area (TPSA) is 78.9 Å². The number of para-hydroxylation sites is 1. The smallest absolute Gasteiger partial charge is 0.189 e. The average Bonchev–Trinajstić information content (AvgIpc) is 2.96. The number of hydrogen-bond donors (Lipinski definition) is 1. The maximum absolute atomic E-state index is 5.67. The van der Waals surface area contributed by atoms with Gasteiger partial charge in [0.05, 0.1) is 6.54 Å². The van der Waals surface area contributed by atoms with E-state index in [1.54, 1.807) is 4.68 Å². The summed E-state index contributed by atoms with van der Waals surface area (Å²) in [5, 5.41) is 11.7. The van der Waals surface area contributed by atoms with Crippen molar-refractivity contribution in [2.24, 2.45) is 0 Å². The summed E-state index contributed by atoms with van der Waals surface area (Å²) in [6.07, 6.45) is 0. The predicted molar refractivity (Wildman–Crippen MR) is 78.5 cm³/mol. The number of nitrogens with two attached hydrogens (primary N) is 1. The first-order valence-electron chi connectivity index (χ1n) is 6.58. The second-order valence-electron chi connectivity index (χ2n) is 4.60. The Hall–Kier alpha value is -2.89. The van der Waals surface area contributed by atoms with E-state index in [2.05, 4.69) is 15.5 Å². The van der Waals surface area contributed by atoms with Crippen LogP contribution in [0.5, 0.6) is 5.75 Å². The Labute approximate surface area is 122 Å². The normalized spacial score (nSPS) is 10.5. The van der Waals surface area contributed by atoms with Crippen LogP contribution in [0.3, 0.4) is 0 Å². The molecule has 0 spiro atoms. The number of tetrazole rings is 1. The van der Waals surface area contributed by atoms with E-state index in [-0.39, 0.29) is 0 Å². The van der Waals surface area contributed by atoms with E-state index < -0.39 is 0 Å². The van der Waals surface area contributed by atoms with Crippen LogP contribution in [0.1, 0.15) is 11.4 Å². The summed E-state index contributed by atoms with van der Waals surface area (Å²) in [4.78, 5) is 0. The van der Waals surface area contributed by atoms with E-state index >= 15 is 0 Å². The number of nitrogens with zero attached hydrogens (tertiary/aromatic N) is 4. The van der Waals surface area contributed by atoms with Crippen molar-refractivity contribution in [3.8, 4) is 5.75 Å². The Morgan fingerprint density at radius 3 is 2.52 bits per heavy atom. The van der Waals surface area contributed by atoms with Crippen molar-refractivity contribution >= 4 is 5.69 Å². The Kier molecular flexibility index (Phi) is 3.77. The van der Waals surface area contributed by atoms with Gasteiger partial charge in [0, 0.05) is 5.69 Å². The van der Waals surface area contributed by atoms with Crippen molar-refractivity contribution in [1.82, 2.24) is 20.2 Å². The first kappa shape index (κ1) is 13.1. The number of rotatable bonds is 5. The summed E-state index contributed by atoms with van der Waals surface area (Å²) in [6.45, 7) is 0.909. The van der Waals surface area contributed by atoms with Crippen LogP contribution < -0.4 is 10.5 Å². The van der Waals surface area contributed by atoms with Crippen LogP contribution in [0.25, 0.3) is 0 Å². The van der Waals surface area contributed by atoms with Crippen LogP contribution in [0.15, 0.2) is 54.6 Å². The quantitative estimate of drug-likeness (QED) is 0.722. The third-order valence-electron chi connectivity index (χ3n) is 3.03. The molecule has 106 valence electrons. The van der Waals surface area contributed by atoms with Crippen molar-refractivity contribution in [3.05, 3.63) is 66.0 Å². The van der Waals surface area contributed by atoms with Gasteiger partial charge in [-0.05, 0) is 40.3 Å². The van der Waals surface area contributed by atoms with Gasteiger partial charge in [-0.3, -0.25) is 0 Å². The molecule has 0 saturated heterocycles. The molecule has 0 saturated carbocycles. The van der Waals surface area contributed by atoms with Gasteiger partial charge in [0.2, 0.25) is 0 Å². The fraction of sp³-hybridized carbons (Fsp3) is 0.133. The predicted octanol–water partition coefficient (Wildman–Crippen LogP) is 1.88. The van der Waals surface area contributed by atoms with Gasteiger partial charge >= 0.3 is 0 Å². The number of benzene rings is 2. The molecule has 0 aliphatic heterocycles. The van der Waals surface area contributed by atoms with Crippen LogP contribution in [-0.4, -0.2) is 20.2 Å². The third-order valence-corrected chi connectivity index (χ3v) is 3.03. The zero-order chi connectivity index (χ0) is 14.5. The second-order valence-corrected chi connectivity index (χ2v) is 4.60. The van der Waals surface area contributed by atoms with Crippen LogP contribution >= 0.6 is 0 Å². The Balaban J connectivity index is 1.68. The average molecular weight is 281 g/mol. The molecule has 3 rings (SSSR count). The fourth-order valence-corrected chi connectivity index (χ4v) is 1.91. The highest BCUT2D eigenvalue weighted by atomic mass is 16.5. The molecular formula is C15H15N5O. The summed E-state index contributed by atoms with van der Waals surface area (Å²) in [7, 11) is 0. The summed E-state index contributed by atoms with van der Waals surface area (Å²) in [5.41, 5.74) is 7.49. The standard InChI is InChI=1S/C15H15N5O/c16-13-8-6-12(7-9-13)10-20-15(17-18-19-20)11-21-14-4-2-1-3-5-14/h1-9H,10-11,16H2. The number of anilines is 1. The highest BCUT2D eigenvalue weighted by Gasteiger charge is 2.07. The molecule has 6 nitrogen and oxygen atoms in total. The minimum atomic E-state index is 0.325. The van der Waals surface area contributed by atoms with Gasteiger partial charge in [0.15, 0.2) is 5.82 Å². The van der Waals surface area contributed by atoms with Crippen molar-refractivity contribution in [3.63, 3.8) is 0 Å². The zero-order valence-electron chi connectivity index (χ0n) is 11.4. The van der Waals surface area contributed by atoms with Crippen molar-refractivity contribution in [2.75, 3.05) is 5.73 Å². The van der Waals surface area contributed by atoms with Gasteiger partial charge < -0.3 is 10.5 Å². The van der Waals surface area contributed by atoms with E-state index in [1.807, 2.05) is 54.6 Å². The Morgan fingerprint density at radius 1 is 1.00 bits per heavy atom. The van der Waals surface area contributed by atoms with E-state index in [4.69, 9.17) is 10.5 Å². The lowest BCUT2D eigenvalue weighted by Gasteiger charge is -2.07. The van der Waals surface area contributed by atoms with Gasteiger partial charge in [0.1, 0.15) is 12.4 Å². The van der Waals surface area contributed by atoms with E-state index in [0.717, 1.165) is 17.0 Å². The van der Waals surface area contributed by atoms with Gasteiger partial charge in [-0.15, -0.1) is 5.10 Å². The van der Waals surface area contributed by atoms with Crippen LogP contribution in [0, 0.1) is 0 Å². The molecule has 1 aromatic heterocycles. The number of nitrogen functional groups attached to an aromatic ring is 1. The van der Waals surface area contributed by atoms with Crippen LogP contribution in [0.2, 0.25) is 0 Å². The van der Waals surface area contributed by atoms with E-state index in [9.17, 15) is 0 Å². The molecule has 21 heavy (non-hydrogen) atoms. The lowest BCUT2D eigenvalue weighted by atomic mass is 10.2. The van der Waals surface area contributed by atoms with E-state index in [1.165, 1.54) is 0 Å². The molecule has 6 heteroatoms. The molecule has 0 aliphatic rings. The molecule has 0 aliphatic carbocycles. The molecule has 3 aromatic rings. The van der Waals surface area contributed by atoms with Crippen molar-refractivity contribution < 1.29 is 4.74 Å². The number of aromatic nitrogens is 4. The SMILES string of the molecule is Nc1ccc(Cn2nnnc2COc2ccccc2)cc1. The van der Waals surface area contributed by atoms with E-state index in [0.29, 0.717) is 19.0 Å². The Bertz CT molecular complexity index is 694. The third kappa shape index (κ3) is 3.36. The highest BCUT2D eigenvalue weighted by Crippen LogP contribution is 2.11. The number of hydrogen-bond acceptors (Lipinski definition) is 5. The van der Waals surface area contributed by atoms with Gasteiger partial charge in [0.25, 0.3) is 0 Å². The number of ether oxygens (including phenoxy) is 1. The highest BCUT2D eigenvalue weighted by molar-refractivity contribution is 5.39. The molecule has 2 N–H and O–H groups in total. The Morgan fingerprint density at radius 2 is 1.76 bits per heavy atom. The minimum absolute atomic E-state index is 0.325. The van der Waals surface area contributed by atoms with Gasteiger partial charge in [-0.25, -0.2) is 4.68 Å². The molecule has 0 unspecified atom stereocenters. The van der Waals surface area contributed by atoms with Crippen LogP contribution in [0.4, 0.5) is 5.69 Å². The molecule has 0 radical (unpaired) electrons. The first-order valence-corrected chi connectivity index (χ1v) is 6.58. The maximum atomic E-state index is 5.67. The van der Waals surface area contributed by atoms with Gasteiger partial charge in [-0.2, -0.15) is 0 Å². The monoisotopic (exact) mass is 281 g/mol. The summed E-state index contributed by atoms with van der Waals surface area (Å²) in [5.74, 6) is 1.47. The largest absolute Gasteiger partial charge is 0.486 e. The van der Waals surface area contributed by atoms with Crippen molar-refractivity contribution in [2.45, 2.75) is 13.2 Å². The fourth-order valence-electron chi connectivity index (χ4n) is 1.91. The molecule has 0 atom stereocenters. The maximum Gasteiger partial charge on any atom is 0.189 e. The second kappa shape index (κ2) is 6.04. The molecule has 0 bridgehead atoms. The first-order chi connectivity index (χ1) is 10.3. The zero-order valence-corrected chi connectivity index (χ0v) is 11.4. The lowest BCUT2D eigenvalue weighted by Crippen LogP contribution is -2.09. The van der Waals surface area contributed by atoms with Gasteiger partial charge in [-0.1, -0.05) is 30.3 Å². The molecular weight excluding hydrogens is 266 g/mol. The molecule has 0 fully saturated rings. The summed E-state index contributed by atoms with van der Waals surface area (Å²) in [6, 6.07) is 17.2. The molecule has 2 aromatic carbocycles. The minimum Gasteiger partial charge on any atom is -0.486 e.